The third kappa shape index (κ3) is 3.62. The number of hydrogen-bond acceptors (Lipinski definition) is 4. The average molecular weight is 247 g/mol. The summed E-state index contributed by atoms with van der Waals surface area (Å²) in [7, 11) is -5.42. The molecule has 4 nitrogen and oxygen atoms in total. The predicted molar refractivity (Wildman–Crippen MR) is 46.5 cm³/mol. The van der Waals surface area contributed by atoms with Gasteiger partial charge in [0.2, 0.25) is 0 Å². The number of hydrogen-bond donors (Lipinski definition) is 1. The quantitative estimate of drug-likeness (QED) is 0.593. The summed E-state index contributed by atoms with van der Waals surface area (Å²) in [5.41, 5.74) is -5.32. The Morgan fingerprint density at radius 2 is 2.07 bits per heavy atom. The van der Waals surface area contributed by atoms with E-state index in [-0.39, 0.29) is 5.92 Å². The molecule has 1 N–H and O–H groups in total. The van der Waals surface area contributed by atoms with Crippen molar-refractivity contribution in [2.75, 3.05) is 19.7 Å². The van der Waals surface area contributed by atoms with Crippen molar-refractivity contribution >= 4 is 10.1 Å². The molecule has 1 aliphatic rings. The first-order valence-electron chi connectivity index (χ1n) is 4.49. The fourth-order valence-electron chi connectivity index (χ4n) is 1.32. The molecule has 0 radical (unpaired) electrons. The molecule has 0 aliphatic carbocycles. The summed E-state index contributed by atoms with van der Waals surface area (Å²) in [5, 5.41) is 2.95. The molecule has 90 valence electrons. The molecule has 0 aromatic rings. The molecule has 0 unspecified atom stereocenters. The second kappa shape index (κ2) is 4.67. The van der Waals surface area contributed by atoms with Gasteiger partial charge in [0.15, 0.2) is 0 Å². The van der Waals surface area contributed by atoms with Gasteiger partial charge in [0, 0.05) is 6.54 Å². The molecular weight excluding hydrogens is 235 g/mol. The Balaban J connectivity index is 2.42. The van der Waals surface area contributed by atoms with E-state index in [1.165, 1.54) is 0 Å². The van der Waals surface area contributed by atoms with E-state index < -0.39 is 22.2 Å². The number of alkyl halides is 3. The number of halogens is 3. The minimum absolute atomic E-state index is 0.170. The lowest BCUT2D eigenvalue weighted by Gasteiger charge is -2.22. The molecule has 1 heterocycles. The first kappa shape index (κ1) is 12.7. The molecule has 1 rings (SSSR count). The molecular formula is C7H12F3NO3S. The zero-order valence-corrected chi connectivity index (χ0v) is 8.70. The normalized spacial score (nSPS) is 24.1. The van der Waals surface area contributed by atoms with Crippen LogP contribution in [0.1, 0.15) is 12.8 Å². The molecule has 8 heteroatoms. The molecule has 15 heavy (non-hydrogen) atoms. The van der Waals surface area contributed by atoms with Gasteiger partial charge in [-0.3, -0.25) is 4.18 Å². The largest absolute Gasteiger partial charge is 0.523 e. The predicted octanol–water partition coefficient (Wildman–Crippen LogP) is 0.852. The van der Waals surface area contributed by atoms with Gasteiger partial charge in [0.25, 0.3) is 0 Å². The third-order valence-electron chi connectivity index (χ3n) is 2.14. The summed E-state index contributed by atoms with van der Waals surface area (Å²) >= 11 is 0. The van der Waals surface area contributed by atoms with E-state index in [2.05, 4.69) is 9.50 Å². The lowest BCUT2D eigenvalue weighted by molar-refractivity contribution is -0.0552. The van der Waals surface area contributed by atoms with Gasteiger partial charge < -0.3 is 5.32 Å². The fraction of sp³-hybridized carbons (Fsp3) is 1.00. The molecule has 1 fully saturated rings. The van der Waals surface area contributed by atoms with E-state index in [0.717, 1.165) is 13.0 Å². The van der Waals surface area contributed by atoms with E-state index in [0.29, 0.717) is 13.0 Å². The monoisotopic (exact) mass is 247 g/mol. The highest BCUT2D eigenvalue weighted by atomic mass is 32.2. The van der Waals surface area contributed by atoms with Gasteiger partial charge in [-0.1, -0.05) is 0 Å². The molecule has 1 atom stereocenters. The van der Waals surface area contributed by atoms with Gasteiger partial charge >= 0.3 is 15.6 Å². The van der Waals surface area contributed by atoms with Crippen molar-refractivity contribution in [3.8, 4) is 0 Å². The van der Waals surface area contributed by atoms with Crippen LogP contribution in [0.5, 0.6) is 0 Å². The second-order valence-electron chi connectivity index (χ2n) is 3.40. The lowest BCUT2D eigenvalue weighted by atomic mass is 10.0. The summed E-state index contributed by atoms with van der Waals surface area (Å²) in [6.45, 7) is 0.894. The average Bonchev–Trinajstić information content (AvgIpc) is 2.15. The molecule has 1 saturated heterocycles. The van der Waals surface area contributed by atoms with Crippen LogP contribution in [0.4, 0.5) is 13.2 Å². The summed E-state index contributed by atoms with van der Waals surface area (Å²) < 4.78 is 60.6. The Hall–Kier alpha value is -0.340. The van der Waals surface area contributed by atoms with Crippen LogP contribution in [0, 0.1) is 5.92 Å². The second-order valence-corrected chi connectivity index (χ2v) is 5.00. The van der Waals surface area contributed by atoms with Crippen molar-refractivity contribution in [3.05, 3.63) is 0 Å². The van der Waals surface area contributed by atoms with E-state index in [1.807, 2.05) is 0 Å². The highest BCUT2D eigenvalue weighted by molar-refractivity contribution is 7.87. The maximum atomic E-state index is 11.9. The molecule has 0 aromatic carbocycles. The van der Waals surface area contributed by atoms with Crippen LogP contribution in [-0.4, -0.2) is 33.6 Å². The third-order valence-corrected chi connectivity index (χ3v) is 3.15. The van der Waals surface area contributed by atoms with Crippen molar-refractivity contribution < 1.29 is 25.8 Å². The van der Waals surface area contributed by atoms with Gasteiger partial charge in [-0.15, -0.1) is 0 Å². The van der Waals surface area contributed by atoms with E-state index >= 15 is 0 Å². The van der Waals surface area contributed by atoms with Crippen LogP contribution < -0.4 is 5.32 Å². The van der Waals surface area contributed by atoms with Crippen molar-refractivity contribution in [2.45, 2.75) is 18.3 Å². The Labute approximate surface area is 85.9 Å². The molecule has 0 saturated carbocycles. The maximum Gasteiger partial charge on any atom is 0.523 e. The van der Waals surface area contributed by atoms with Gasteiger partial charge in [-0.05, 0) is 25.3 Å². The Bertz CT molecular complexity index is 295. The summed E-state index contributed by atoms with van der Waals surface area (Å²) in [6.07, 6.45) is 1.50. The van der Waals surface area contributed by atoms with Crippen molar-refractivity contribution in [3.63, 3.8) is 0 Å². The number of nitrogens with one attached hydrogen (secondary N) is 1. The van der Waals surface area contributed by atoms with Gasteiger partial charge in [0.05, 0.1) is 6.61 Å². The van der Waals surface area contributed by atoms with E-state index in [9.17, 15) is 21.6 Å². The highest BCUT2D eigenvalue weighted by Crippen LogP contribution is 2.25. The van der Waals surface area contributed by atoms with Crippen molar-refractivity contribution in [2.24, 2.45) is 5.92 Å². The highest BCUT2D eigenvalue weighted by Gasteiger charge is 2.47. The van der Waals surface area contributed by atoms with Gasteiger partial charge in [0.1, 0.15) is 0 Å². The lowest BCUT2D eigenvalue weighted by Crippen LogP contribution is -2.34. The van der Waals surface area contributed by atoms with Crippen molar-refractivity contribution in [1.82, 2.24) is 5.32 Å². The summed E-state index contributed by atoms with van der Waals surface area (Å²) in [6, 6.07) is 0. The zero-order chi connectivity index (χ0) is 11.5. The van der Waals surface area contributed by atoms with Crippen LogP contribution in [0.15, 0.2) is 0 Å². The fourth-order valence-corrected chi connectivity index (χ4v) is 1.82. The topological polar surface area (TPSA) is 55.4 Å². The molecule has 0 spiro atoms. The van der Waals surface area contributed by atoms with Gasteiger partial charge in [-0.2, -0.15) is 21.6 Å². The summed E-state index contributed by atoms with van der Waals surface area (Å²) in [5.74, 6) is -0.170. The minimum atomic E-state index is -5.42. The maximum absolute atomic E-state index is 11.9. The van der Waals surface area contributed by atoms with Crippen molar-refractivity contribution in [1.29, 1.82) is 0 Å². The molecule has 0 bridgehead atoms. The Morgan fingerprint density at radius 1 is 1.40 bits per heavy atom. The smallest absolute Gasteiger partial charge is 0.316 e. The van der Waals surface area contributed by atoms with Crippen LogP contribution in [0.25, 0.3) is 0 Å². The summed E-state index contributed by atoms with van der Waals surface area (Å²) in [4.78, 5) is 0. The van der Waals surface area contributed by atoms with Crippen LogP contribution in [0.2, 0.25) is 0 Å². The molecule has 0 aromatic heterocycles. The number of piperidine rings is 1. The number of rotatable bonds is 3. The minimum Gasteiger partial charge on any atom is -0.316 e. The zero-order valence-electron chi connectivity index (χ0n) is 7.88. The molecule has 1 aliphatic heterocycles. The van der Waals surface area contributed by atoms with Crippen LogP contribution in [0.3, 0.4) is 0 Å². The first-order chi connectivity index (χ1) is 6.83. The first-order valence-corrected chi connectivity index (χ1v) is 5.90. The van der Waals surface area contributed by atoms with Gasteiger partial charge in [-0.25, -0.2) is 0 Å². The Kier molecular flexibility index (Phi) is 3.96. The molecule has 0 amide bonds. The Morgan fingerprint density at radius 3 is 2.53 bits per heavy atom. The standard InChI is InChI=1S/C7H12F3NO3S/c8-7(9,10)15(12,13)14-5-6-2-1-3-11-4-6/h6,11H,1-5H2/t6-/m1/s1. The van der Waals surface area contributed by atoms with Crippen LogP contribution in [-0.2, 0) is 14.3 Å². The van der Waals surface area contributed by atoms with Crippen LogP contribution >= 0.6 is 0 Å². The SMILES string of the molecule is O=S(=O)(OC[C@@H]1CCCNC1)C(F)(F)F. The van der Waals surface area contributed by atoms with E-state index in [1.54, 1.807) is 0 Å². The van der Waals surface area contributed by atoms with E-state index in [4.69, 9.17) is 0 Å².